The molecule has 0 atom stereocenters. The molecule has 0 fully saturated rings. The van der Waals surface area contributed by atoms with E-state index in [1.807, 2.05) is 0 Å². The first kappa shape index (κ1) is 18.9. The van der Waals surface area contributed by atoms with Crippen molar-refractivity contribution in [1.29, 1.82) is 0 Å². The molecule has 0 unspecified atom stereocenters. The predicted molar refractivity (Wildman–Crippen MR) is 83.9 cm³/mol. The molecule has 1 aromatic heterocycles. The van der Waals surface area contributed by atoms with E-state index >= 15 is 0 Å². The Labute approximate surface area is 143 Å². The number of hydrogen-bond donors (Lipinski definition) is 1. The van der Waals surface area contributed by atoms with E-state index in [0.29, 0.717) is 5.56 Å². The Morgan fingerprint density at radius 3 is 2.48 bits per heavy atom. The maximum atomic E-state index is 12.1. The second-order valence-electron chi connectivity index (χ2n) is 4.98. The van der Waals surface area contributed by atoms with Crippen molar-refractivity contribution in [3.63, 3.8) is 0 Å². The summed E-state index contributed by atoms with van der Waals surface area (Å²) >= 11 is 0. The van der Waals surface area contributed by atoms with Gasteiger partial charge < -0.3 is 14.0 Å². The summed E-state index contributed by atoms with van der Waals surface area (Å²) in [5, 5.41) is 0. The first-order valence-electron chi connectivity index (χ1n) is 7.03. The third-order valence-electron chi connectivity index (χ3n) is 3.29. The number of ether oxygens (including phenoxy) is 2. The van der Waals surface area contributed by atoms with Crippen LogP contribution in [0.25, 0.3) is 0 Å². The number of sulfonamides is 1. The van der Waals surface area contributed by atoms with Crippen LogP contribution in [0.4, 0.5) is 8.78 Å². The number of aromatic nitrogens is 1. The van der Waals surface area contributed by atoms with Crippen LogP contribution in [-0.2, 0) is 28.4 Å². The minimum Gasteiger partial charge on any atom is -0.456 e. The quantitative estimate of drug-likeness (QED) is 0.748. The molecule has 10 heteroatoms. The molecule has 25 heavy (non-hydrogen) atoms. The van der Waals surface area contributed by atoms with Gasteiger partial charge in [0.2, 0.25) is 10.0 Å². The topological polar surface area (TPSA) is 86.6 Å². The van der Waals surface area contributed by atoms with Gasteiger partial charge in [-0.05, 0) is 30.8 Å². The van der Waals surface area contributed by atoms with Crippen LogP contribution in [0.5, 0.6) is 5.75 Å². The molecule has 2 rings (SSSR count). The molecule has 0 bridgehead atoms. The molecular weight excluding hydrogens is 358 g/mol. The van der Waals surface area contributed by atoms with Gasteiger partial charge in [0, 0.05) is 13.2 Å². The molecule has 2 aromatic rings. The van der Waals surface area contributed by atoms with Gasteiger partial charge in [0.05, 0.1) is 0 Å². The lowest BCUT2D eigenvalue weighted by Gasteiger charge is -2.07. The SMILES string of the molecule is CNS(=O)(=O)c1cc(C(=O)OCc2ccc(OC(F)F)cc2)n(C)c1. The number of esters is 1. The molecule has 7 nitrogen and oxygen atoms in total. The highest BCUT2D eigenvalue weighted by Crippen LogP contribution is 2.17. The summed E-state index contributed by atoms with van der Waals surface area (Å²) in [4.78, 5) is 12.0. The molecule has 0 saturated carbocycles. The highest BCUT2D eigenvalue weighted by atomic mass is 32.2. The van der Waals surface area contributed by atoms with Gasteiger partial charge in [-0.2, -0.15) is 8.78 Å². The normalized spacial score (nSPS) is 11.6. The predicted octanol–water partition coefficient (Wildman–Crippen LogP) is 1.89. The molecule has 0 aliphatic rings. The fourth-order valence-corrected chi connectivity index (χ4v) is 2.79. The zero-order valence-corrected chi connectivity index (χ0v) is 14.2. The fourth-order valence-electron chi connectivity index (χ4n) is 1.99. The number of carbonyl (C=O) groups is 1. The summed E-state index contributed by atoms with van der Waals surface area (Å²) in [5.41, 5.74) is 0.624. The van der Waals surface area contributed by atoms with Crippen LogP contribution in [0.3, 0.4) is 0 Å². The van der Waals surface area contributed by atoms with Crippen LogP contribution in [0, 0.1) is 0 Å². The molecule has 0 aliphatic heterocycles. The number of nitrogens with one attached hydrogen (secondary N) is 1. The minimum atomic E-state index is -3.67. The number of carbonyl (C=O) groups excluding carboxylic acids is 1. The van der Waals surface area contributed by atoms with Crippen molar-refractivity contribution in [3.05, 3.63) is 47.8 Å². The molecule has 0 aliphatic carbocycles. The molecule has 136 valence electrons. The Morgan fingerprint density at radius 1 is 1.28 bits per heavy atom. The average Bonchev–Trinajstić information content (AvgIpc) is 2.96. The van der Waals surface area contributed by atoms with Crippen LogP contribution in [0.15, 0.2) is 41.4 Å². The standard InChI is InChI=1S/C15H16F2N2O5S/c1-18-25(21,22)12-7-13(19(2)8-12)14(20)23-9-10-3-5-11(6-4-10)24-15(16)17/h3-8,15,18H,9H2,1-2H3. The number of alkyl halides is 2. The van der Waals surface area contributed by atoms with E-state index in [0.717, 1.165) is 0 Å². The maximum absolute atomic E-state index is 12.1. The first-order valence-corrected chi connectivity index (χ1v) is 8.52. The summed E-state index contributed by atoms with van der Waals surface area (Å²) in [5.74, 6) is -0.720. The largest absolute Gasteiger partial charge is 0.456 e. The Hall–Kier alpha value is -2.46. The molecule has 0 saturated heterocycles. The van der Waals surface area contributed by atoms with Crippen LogP contribution >= 0.6 is 0 Å². The van der Waals surface area contributed by atoms with Gasteiger partial charge in [-0.25, -0.2) is 17.9 Å². The van der Waals surface area contributed by atoms with E-state index in [9.17, 15) is 22.0 Å². The van der Waals surface area contributed by atoms with Crippen molar-refractivity contribution in [2.24, 2.45) is 7.05 Å². The Kier molecular flexibility index (Phi) is 5.75. The van der Waals surface area contributed by atoms with Crippen LogP contribution in [0.2, 0.25) is 0 Å². The summed E-state index contributed by atoms with van der Waals surface area (Å²) in [6.45, 7) is -3.02. The number of hydrogen-bond acceptors (Lipinski definition) is 5. The van der Waals surface area contributed by atoms with Crippen molar-refractivity contribution in [2.45, 2.75) is 18.1 Å². The van der Waals surface area contributed by atoms with Gasteiger partial charge in [-0.15, -0.1) is 0 Å². The van der Waals surface area contributed by atoms with E-state index in [-0.39, 0.29) is 22.9 Å². The minimum absolute atomic E-state index is 0.00516. The second-order valence-corrected chi connectivity index (χ2v) is 6.86. The summed E-state index contributed by atoms with van der Waals surface area (Å²) in [7, 11) is -0.888. The van der Waals surface area contributed by atoms with E-state index in [4.69, 9.17) is 4.74 Å². The number of benzene rings is 1. The van der Waals surface area contributed by atoms with Gasteiger partial charge in [0.15, 0.2) is 0 Å². The summed E-state index contributed by atoms with van der Waals surface area (Å²) in [6, 6.07) is 6.82. The van der Waals surface area contributed by atoms with Crippen molar-refractivity contribution >= 4 is 16.0 Å². The van der Waals surface area contributed by atoms with E-state index in [2.05, 4.69) is 9.46 Å². The first-order chi connectivity index (χ1) is 11.7. The van der Waals surface area contributed by atoms with Crippen LogP contribution in [-0.4, -0.2) is 32.6 Å². The fraction of sp³-hybridized carbons (Fsp3) is 0.267. The van der Waals surface area contributed by atoms with E-state index in [1.54, 1.807) is 0 Å². The van der Waals surface area contributed by atoms with Gasteiger partial charge in [0.25, 0.3) is 0 Å². The smallest absolute Gasteiger partial charge is 0.387 e. The van der Waals surface area contributed by atoms with E-state index < -0.39 is 22.6 Å². The van der Waals surface area contributed by atoms with Crippen molar-refractivity contribution in [3.8, 4) is 5.75 Å². The highest BCUT2D eigenvalue weighted by Gasteiger charge is 2.20. The maximum Gasteiger partial charge on any atom is 0.387 e. The summed E-state index contributed by atoms with van der Waals surface area (Å²) in [6.07, 6.45) is 1.29. The van der Waals surface area contributed by atoms with Gasteiger partial charge >= 0.3 is 12.6 Å². The molecule has 1 N–H and O–H groups in total. The highest BCUT2D eigenvalue weighted by molar-refractivity contribution is 7.89. The molecule has 1 heterocycles. The third-order valence-corrected chi connectivity index (χ3v) is 4.67. The molecular formula is C15H16F2N2O5S. The van der Waals surface area contributed by atoms with Crippen molar-refractivity contribution < 1.29 is 31.5 Å². The lowest BCUT2D eigenvalue weighted by atomic mass is 10.2. The number of rotatable bonds is 7. The zero-order chi connectivity index (χ0) is 18.6. The second kappa shape index (κ2) is 7.62. The lowest BCUT2D eigenvalue weighted by molar-refractivity contribution is -0.0498. The van der Waals surface area contributed by atoms with E-state index in [1.165, 1.54) is 55.2 Å². The molecule has 1 aromatic carbocycles. The third kappa shape index (κ3) is 4.77. The van der Waals surface area contributed by atoms with Crippen molar-refractivity contribution in [1.82, 2.24) is 9.29 Å². The number of halogens is 2. The molecule has 0 radical (unpaired) electrons. The van der Waals surface area contributed by atoms with Crippen molar-refractivity contribution in [2.75, 3.05) is 7.05 Å². The van der Waals surface area contributed by atoms with Gasteiger partial charge in [-0.1, -0.05) is 12.1 Å². The monoisotopic (exact) mass is 374 g/mol. The summed E-state index contributed by atoms with van der Waals surface area (Å²) < 4.78 is 60.4. The number of aryl methyl sites for hydroxylation is 1. The van der Waals surface area contributed by atoms with Gasteiger partial charge in [-0.3, -0.25) is 0 Å². The molecule has 0 amide bonds. The zero-order valence-electron chi connectivity index (χ0n) is 13.4. The Balaban J connectivity index is 2.03. The average molecular weight is 374 g/mol. The Morgan fingerprint density at radius 2 is 1.92 bits per heavy atom. The van der Waals surface area contributed by atoms with Gasteiger partial charge in [0.1, 0.15) is 22.9 Å². The van der Waals surface area contributed by atoms with Crippen LogP contribution in [0.1, 0.15) is 16.1 Å². The lowest BCUT2D eigenvalue weighted by Crippen LogP contribution is -2.17. The Bertz CT molecular complexity index is 847. The van der Waals surface area contributed by atoms with Crippen LogP contribution < -0.4 is 9.46 Å². The number of nitrogens with zero attached hydrogens (tertiary/aromatic N) is 1. The molecule has 0 spiro atoms.